The molecule has 23 heavy (non-hydrogen) atoms. The quantitative estimate of drug-likeness (QED) is 0.647. The van der Waals surface area contributed by atoms with Crippen molar-refractivity contribution in [2.75, 3.05) is 0 Å². The first-order valence-corrected chi connectivity index (χ1v) is 7.08. The highest BCUT2D eigenvalue weighted by atomic mass is 16.3. The molecule has 0 radical (unpaired) electrons. The van der Waals surface area contributed by atoms with Gasteiger partial charge in [0.05, 0.1) is 23.3 Å². The Kier molecular flexibility index (Phi) is 4.05. The van der Waals surface area contributed by atoms with Crippen molar-refractivity contribution in [2.24, 2.45) is 0 Å². The van der Waals surface area contributed by atoms with Crippen molar-refractivity contribution >= 4 is 11.6 Å². The molecule has 0 unspecified atom stereocenters. The summed E-state index contributed by atoms with van der Waals surface area (Å²) in [6.07, 6.45) is 1.72. The zero-order valence-corrected chi connectivity index (χ0v) is 12.2. The largest absolute Gasteiger partial charge is 0.457 e. The highest BCUT2D eigenvalue weighted by Gasteiger charge is 2.06. The smallest absolute Gasteiger partial charge is 0.134 e. The number of nitrogens with zero attached hydrogens (tertiary/aromatic N) is 2. The number of furan rings is 1. The predicted octanol–water partition coefficient (Wildman–Crippen LogP) is 4.88. The van der Waals surface area contributed by atoms with Crippen molar-refractivity contribution in [3.05, 3.63) is 83.6 Å². The molecule has 1 heterocycles. The van der Waals surface area contributed by atoms with Crippen LogP contribution in [0.2, 0.25) is 0 Å². The highest BCUT2D eigenvalue weighted by Crippen LogP contribution is 2.25. The molecule has 3 nitrogen and oxygen atoms in total. The van der Waals surface area contributed by atoms with Crippen LogP contribution in [0.4, 0.5) is 0 Å². The average Bonchev–Trinajstić information content (AvgIpc) is 3.09. The van der Waals surface area contributed by atoms with Crippen molar-refractivity contribution < 1.29 is 4.42 Å². The summed E-state index contributed by atoms with van der Waals surface area (Å²) in [4.78, 5) is 0. The molecule has 0 amide bonds. The Morgan fingerprint density at radius 1 is 0.870 bits per heavy atom. The normalized spacial score (nSPS) is 10.8. The fraction of sp³-hybridized carbons (Fsp3) is 0. The number of allylic oxidation sites excluding steroid dienone is 1. The molecule has 3 rings (SSSR count). The van der Waals surface area contributed by atoms with Crippen molar-refractivity contribution in [2.45, 2.75) is 0 Å². The fourth-order valence-electron chi connectivity index (χ4n) is 2.23. The first kappa shape index (κ1) is 14.4. The SMILES string of the molecule is N#C/C(=C\c1ccc(-c2ccc(C#N)cc2)o1)c1ccccc1. The summed E-state index contributed by atoms with van der Waals surface area (Å²) in [5, 5.41) is 18.2. The Bertz CT molecular complexity index is 920. The van der Waals surface area contributed by atoms with Crippen LogP contribution in [0.25, 0.3) is 23.0 Å². The Balaban J connectivity index is 1.91. The van der Waals surface area contributed by atoms with Crippen LogP contribution in [0.1, 0.15) is 16.9 Å². The minimum atomic E-state index is 0.548. The van der Waals surface area contributed by atoms with Crippen LogP contribution >= 0.6 is 0 Å². The molecule has 0 aliphatic heterocycles. The van der Waals surface area contributed by atoms with E-state index in [4.69, 9.17) is 9.68 Å². The van der Waals surface area contributed by atoms with Gasteiger partial charge in [-0.3, -0.25) is 0 Å². The molecular weight excluding hydrogens is 284 g/mol. The molecule has 0 saturated heterocycles. The first-order valence-electron chi connectivity index (χ1n) is 7.08. The molecule has 0 aliphatic rings. The van der Waals surface area contributed by atoms with Gasteiger partial charge in [-0.05, 0) is 48.0 Å². The van der Waals surface area contributed by atoms with Gasteiger partial charge in [0.25, 0.3) is 0 Å². The molecular formula is C20H12N2O. The average molecular weight is 296 g/mol. The van der Waals surface area contributed by atoms with Crippen LogP contribution in [-0.4, -0.2) is 0 Å². The maximum atomic E-state index is 9.33. The lowest BCUT2D eigenvalue weighted by molar-refractivity contribution is 0.572. The van der Waals surface area contributed by atoms with Crippen molar-refractivity contribution in [1.29, 1.82) is 10.5 Å². The maximum absolute atomic E-state index is 9.33. The van der Waals surface area contributed by atoms with Crippen LogP contribution < -0.4 is 0 Å². The molecule has 0 fully saturated rings. The maximum Gasteiger partial charge on any atom is 0.134 e. The molecule has 1 aromatic heterocycles. The first-order chi connectivity index (χ1) is 11.3. The third-order valence-corrected chi connectivity index (χ3v) is 3.42. The van der Waals surface area contributed by atoms with Crippen LogP contribution in [0, 0.1) is 22.7 Å². The molecule has 0 spiro atoms. The van der Waals surface area contributed by atoms with Crippen LogP contribution in [0.15, 0.2) is 71.1 Å². The summed E-state index contributed by atoms with van der Waals surface area (Å²) >= 11 is 0. The Hall–Kier alpha value is -3.56. The van der Waals surface area contributed by atoms with E-state index in [1.807, 2.05) is 54.6 Å². The molecule has 0 bridgehead atoms. The van der Waals surface area contributed by atoms with Gasteiger partial charge in [0.1, 0.15) is 11.5 Å². The predicted molar refractivity (Wildman–Crippen MR) is 88.8 cm³/mol. The Morgan fingerprint density at radius 3 is 2.26 bits per heavy atom. The van der Waals surface area contributed by atoms with Gasteiger partial charge < -0.3 is 4.42 Å². The zero-order chi connectivity index (χ0) is 16.1. The summed E-state index contributed by atoms with van der Waals surface area (Å²) < 4.78 is 5.79. The molecule has 0 saturated carbocycles. The van der Waals surface area contributed by atoms with Crippen LogP contribution in [0.5, 0.6) is 0 Å². The second-order valence-electron chi connectivity index (χ2n) is 4.93. The van der Waals surface area contributed by atoms with Gasteiger partial charge in [-0.15, -0.1) is 0 Å². The summed E-state index contributed by atoms with van der Waals surface area (Å²) in [5.41, 5.74) is 2.90. The molecule has 108 valence electrons. The van der Waals surface area contributed by atoms with Gasteiger partial charge >= 0.3 is 0 Å². The zero-order valence-electron chi connectivity index (χ0n) is 12.2. The van der Waals surface area contributed by atoms with Crippen molar-refractivity contribution in [3.63, 3.8) is 0 Å². The Morgan fingerprint density at radius 2 is 1.61 bits per heavy atom. The topological polar surface area (TPSA) is 60.7 Å². The number of hydrogen-bond acceptors (Lipinski definition) is 3. The second-order valence-corrected chi connectivity index (χ2v) is 4.93. The number of benzene rings is 2. The lowest BCUT2D eigenvalue weighted by Crippen LogP contribution is -1.79. The molecule has 0 N–H and O–H groups in total. The summed E-state index contributed by atoms with van der Waals surface area (Å²) in [7, 11) is 0. The van der Waals surface area contributed by atoms with E-state index in [9.17, 15) is 5.26 Å². The van der Waals surface area contributed by atoms with Gasteiger partial charge in [0.15, 0.2) is 0 Å². The van der Waals surface area contributed by atoms with Gasteiger partial charge in [0.2, 0.25) is 0 Å². The second kappa shape index (κ2) is 6.47. The molecule has 0 atom stereocenters. The van der Waals surface area contributed by atoms with Crippen LogP contribution in [0.3, 0.4) is 0 Å². The van der Waals surface area contributed by atoms with E-state index in [0.29, 0.717) is 22.7 Å². The Labute approximate surface area is 134 Å². The minimum absolute atomic E-state index is 0.548. The molecule has 0 aliphatic carbocycles. The minimum Gasteiger partial charge on any atom is -0.457 e. The monoisotopic (exact) mass is 296 g/mol. The fourth-order valence-corrected chi connectivity index (χ4v) is 2.23. The standard InChI is InChI=1S/C20H12N2O/c21-13-15-6-8-17(9-7-15)20-11-10-19(23-20)12-18(14-22)16-4-2-1-3-5-16/h1-12H/b18-12+. The highest BCUT2D eigenvalue weighted by molar-refractivity contribution is 5.88. The van der Waals surface area contributed by atoms with Crippen molar-refractivity contribution in [3.8, 4) is 23.5 Å². The van der Waals surface area contributed by atoms with Crippen molar-refractivity contribution in [1.82, 2.24) is 0 Å². The third kappa shape index (κ3) is 3.20. The van der Waals surface area contributed by atoms with Gasteiger partial charge in [-0.25, -0.2) is 0 Å². The molecule has 2 aromatic carbocycles. The van der Waals surface area contributed by atoms with Gasteiger partial charge in [-0.1, -0.05) is 30.3 Å². The lowest BCUT2D eigenvalue weighted by atomic mass is 10.1. The number of nitriles is 2. The van der Waals surface area contributed by atoms with E-state index in [2.05, 4.69) is 12.1 Å². The van der Waals surface area contributed by atoms with E-state index in [1.54, 1.807) is 18.2 Å². The van der Waals surface area contributed by atoms with E-state index in [0.717, 1.165) is 11.1 Å². The van der Waals surface area contributed by atoms with E-state index in [1.165, 1.54) is 0 Å². The lowest BCUT2D eigenvalue weighted by Gasteiger charge is -1.98. The summed E-state index contributed by atoms with van der Waals surface area (Å²) in [6, 6.07) is 24.6. The molecule has 3 aromatic rings. The summed E-state index contributed by atoms with van der Waals surface area (Å²) in [5.74, 6) is 1.32. The van der Waals surface area contributed by atoms with Gasteiger partial charge in [0, 0.05) is 5.56 Å². The van der Waals surface area contributed by atoms with E-state index in [-0.39, 0.29) is 0 Å². The number of rotatable bonds is 3. The van der Waals surface area contributed by atoms with Crippen LogP contribution in [-0.2, 0) is 0 Å². The van der Waals surface area contributed by atoms with E-state index < -0.39 is 0 Å². The third-order valence-electron chi connectivity index (χ3n) is 3.42. The summed E-state index contributed by atoms with van der Waals surface area (Å²) in [6.45, 7) is 0. The number of hydrogen-bond donors (Lipinski definition) is 0. The van der Waals surface area contributed by atoms with E-state index >= 15 is 0 Å². The van der Waals surface area contributed by atoms with Gasteiger partial charge in [-0.2, -0.15) is 10.5 Å². The molecule has 3 heteroatoms.